The van der Waals surface area contributed by atoms with Crippen LogP contribution in [-0.4, -0.2) is 73.4 Å². The molecule has 0 radical (unpaired) electrons. The van der Waals surface area contributed by atoms with Gasteiger partial charge in [0.15, 0.2) is 0 Å². The average molecular weight is 378 g/mol. The number of aryl methyl sites for hydroxylation is 1. The molecule has 0 bridgehead atoms. The van der Waals surface area contributed by atoms with Gasteiger partial charge in [-0.05, 0) is 19.0 Å². The van der Waals surface area contributed by atoms with E-state index < -0.39 is 15.9 Å². The third-order valence-corrected chi connectivity index (χ3v) is 6.56. The SMILES string of the molecule is Cl.Cn1cc(S(=O)(=O)N2CCN(C3CCNC3)CC2)cc1C(N)=O. The van der Waals surface area contributed by atoms with Crippen LogP contribution in [0.5, 0.6) is 0 Å². The smallest absolute Gasteiger partial charge is 0.265 e. The highest BCUT2D eigenvalue weighted by Crippen LogP contribution is 2.21. The molecule has 0 aliphatic carbocycles. The lowest BCUT2D eigenvalue weighted by molar-refractivity contribution is 0.0992. The van der Waals surface area contributed by atoms with Crippen molar-refractivity contribution in [3.05, 3.63) is 18.0 Å². The zero-order chi connectivity index (χ0) is 16.6. The number of nitrogens with one attached hydrogen (secondary N) is 1. The number of nitrogens with zero attached hydrogens (tertiary/aromatic N) is 3. The molecule has 1 aromatic heterocycles. The number of carbonyl (C=O) groups excluding carboxylic acids is 1. The van der Waals surface area contributed by atoms with Gasteiger partial charge in [0.05, 0.1) is 0 Å². The second-order valence-electron chi connectivity index (χ2n) is 6.12. The van der Waals surface area contributed by atoms with Crippen molar-refractivity contribution in [2.75, 3.05) is 39.3 Å². The van der Waals surface area contributed by atoms with Gasteiger partial charge >= 0.3 is 0 Å². The van der Waals surface area contributed by atoms with E-state index in [9.17, 15) is 13.2 Å². The Labute approximate surface area is 148 Å². The second-order valence-corrected chi connectivity index (χ2v) is 8.06. The molecule has 1 unspecified atom stereocenters. The molecule has 2 aliphatic heterocycles. The van der Waals surface area contributed by atoms with Crippen LogP contribution in [0.3, 0.4) is 0 Å². The van der Waals surface area contributed by atoms with Crippen molar-refractivity contribution in [2.24, 2.45) is 12.8 Å². The number of halogens is 1. The minimum Gasteiger partial charge on any atom is -0.364 e. The molecule has 3 rings (SSSR count). The summed E-state index contributed by atoms with van der Waals surface area (Å²) in [7, 11) is -1.97. The summed E-state index contributed by atoms with van der Waals surface area (Å²) in [5.41, 5.74) is 5.45. The number of rotatable bonds is 4. The molecule has 3 N–H and O–H groups in total. The number of amides is 1. The number of nitrogens with two attached hydrogens (primary N) is 1. The number of carbonyl (C=O) groups is 1. The fourth-order valence-corrected chi connectivity index (χ4v) is 4.82. The van der Waals surface area contributed by atoms with E-state index in [-0.39, 0.29) is 23.0 Å². The first-order valence-electron chi connectivity index (χ1n) is 7.80. The highest BCUT2D eigenvalue weighted by Gasteiger charge is 2.32. The van der Waals surface area contributed by atoms with Gasteiger partial charge in [0.2, 0.25) is 10.0 Å². The monoisotopic (exact) mass is 377 g/mol. The van der Waals surface area contributed by atoms with Gasteiger partial charge < -0.3 is 15.6 Å². The number of primary amides is 1. The molecule has 0 aromatic carbocycles. The van der Waals surface area contributed by atoms with Crippen LogP contribution in [0.25, 0.3) is 0 Å². The van der Waals surface area contributed by atoms with Crippen LogP contribution in [0.15, 0.2) is 17.2 Å². The Morgan fingerprint density at radius 2 is 1.96 bits per heavy atom. The molecule has 0 spiro atoms. The number of piperazine rings is 1. The third-order valence-electron chi connectivity index (χ3n) is 4.69. The summed E-state index contributed by atoms with van der Waals surface area (Å²) in [5, 5.41) is 3.34. The van der Waals surface area contributed by atoms with E-state index in [2.05, 4.69) is 10.2 Å². The Hall–Kier alpha value is -1.13. The molecule has 3 heterocycles. The molecule has 2 saturated heterocycles. The van der Waals surface area contributed by atoms with E-state index in [0.29, 0.717) is 19.1 Å². The Bertz CT molecular complexity index is 691. The summed E-state index contributed by atoms with van der Waals surface area (Å²) >= 11 is 0. The molecule has 10 heteroatoms. The maximum Gasteiger partial charge on any atom is 0.265 e. The van der Waals surface area contributed by atoms with Gasteiger partial charge in [-0.3, -0.25) is 9.69 Å². The standard InChI is InChI=1S/C14H23N5O3S.ClH/c1-17-10-12(8-13(17)14(15)20)23(21,22)19-6-4-18(5-7-19)11-2-3-16-9-11;/h8,10-11,16H,2-7,9H2,1H3,(H2,15,20);1H. The zero-order valence-corrected chi connectivity index (χ0v) is 15.3. The number of hydrogen-bond acceptors (Lipinski definition) is 5. The zero-order valence-electron chi connectivity index (χ0n) is 13.6. The van der Waals surface area contributed by atoms with E-state index in [1.165, 1.54) is 21.1 Å². The van der Waals surface area contributed by atoms with Gasteiger partial charge in [0.25, 0.3) is 5.91 Å². The van der Waals surface area contributed by atoms with Crippen LogP contribution in [0, 0.1) is 0 Å². The van der Waals surface area contributed by atoms with Crippen LogP contribution in [-0.2, 0) is 17.1 Å². The lowest BCUT2D eigenvalue weighted by atomic mass is 10.2. The van der Waals surface area contributed by atoms with Crippen molar-refractivity contribution in [1.82, 2.24) is 19.1 Å². The number of hydrogen-bond donors (Lipinski definition) is 2. The van der Waals surface area contributed by atoms with E-state index in [0.717, 1.165) is 32.6 Å². The van der Waals surface area contributed by atoms with Crippen molar-refractivity contribution in [3.63, 3.8) is 0 Å². The first-order valence-corrected chi connectivity index (χ1v) is 9.24. The van der Waals surface area contributed by atoms with Gasteiger partial charge in [-0.15, -0.1) is 12.4 Å². The molecule has 8 nitrogen and oxygen atoms in total. The van der Waals surface area contributed by atoms with Crippen molar-refractivity contribution < 1.29 is 13.2 Å². The van der Waals surface area contributed by atoms with Crippen molar-refractivity contribution in [1.29, 1.82) is 0 Å². The summed E-state index contributed by atoms with van der Waals surface area (Å²) in [6.07, 6.45) is 2.57. The van der Waals surface area contributed by atoms with Crippen LogP contribution < -0.4 is 11.1 Å². The van der Waals surface area contributed by atoms with Gasteiger partial charge in [-0.2, -0.15) is 4.31 Å². The van der Waals surface area contributed by atoms with Crippen LogP contribution in [0.1, 0.15) is 16.9 Å². The molecule has 1 aromatic rings. The molecular weight excluding hydrogens is 354 g/mol. The maximum atomic E-state index is 12.7. The predicted molar refractivity (Wildman–Crippen MR) is 92.8 cm³/mol. The molecule has 24 heavy (non-hydrogen) atoms. The highest BCUT2D eigenvalue weighted by molar-refractivity contribution is 7.89. The molecule has 0 saturated carbocycles. The fraction of sp³-hybridized carbons (Fsp3) is 0.643. The first-order chi connectivity index (χ1) is 10.9. The molecule has 136 valence electrons. The van der Waals surface area contributed by atoms with Crippen molar-refractivity contribution in [3.8, 4) is 0 Å². The van der Waals surface area contributed by atoms with E-state index in [1.54, 1.807) is 7.05 Å². The predicted octanol–water partition coefficient (Wildman–Crippen LogP) is -0.786. The minimum atomic E-state index is -3.58. The summed E-state index contributed by atoms with van der Waals surface area (Å²) in [6, 6.07) is 1.86. The average Bonchev–Trinajstić information content (AvgIpc) is 3.16. The van der Waals surface area contributed by atoms with Crippen molar-refractivity contribution >= 4 is 28.3 Å². The Morgan fingerprint density at radius 1 is 1.29 bits per heavy atom. The van der Waals surface area contributed by atoms with E-state index in [1.807, 2.05) is 0 Å². The molecule has 1 atom stereocenters. The van der Waals surface area contributed by atoms with Gasteiger partial charge in [-0.1, -0.05) is 0 Å². The van der Waals surface area contributed by atoms with Crippen LogP contribution in [0.4, 0.5) is 0 Å². The molecular formula is C14H24ClN5O3S. The Kier molecular flexibility index (Phi) is 5.92. The molecule has 2 aliphatic rings. The van der Waals surface area contributed by atoms with Gasteiger partial charge in [-0.25, -0.2) is 8.42 Å². The van der Waals surface area contributed by atoms with Crippen LogP contribution >= 0.6 is 12.4 Å². The highest BCUT2D eigenvalue weighted by atomic mass is 35.5. The largest absolute Gasteiger partial charge is 0.364 e. The van der Waals surface area contributed by atoms with Gasteiger partial charge in [0.1, 0.15) is 10.6 Å². The second kappa shape index (κ2) is 7.40. The summed E-state index contributed by atoms with van der Waals surface area (Å²) in [5.74, 6) is -0.632. The van der Waals surface area contributed by atoms with E-state index in [4.69, 9.17) is 5.73 Å². The molecule has 1 amide bonds. The maximum absolute atomic E-state index is 12.7. The van der Waals surface area contributed by atoms with E-state index >= 15 is 0 Å². The quantitative estimate of drug-likeness (QED) is 0.716. The van der Waals surface area contributed by atoms with Gasteiger partial charge in [0, 0.05) is 52.0 Å². The summed E-state index contributed by atoms with van der Waals surface area (Å²) in [6.45, 7) is 4.43. The van der Waals surface area contributed by atoms with Crippen LogP contribution in [0.2, 0.25) is 0 Å². The van der Waals surface area contributed by atoms with Crippen molar-refractivity contribution in [2.45, 2.75) is 17.4 Å². The lowest BCUT2D eigenvalue weighted by Crippen LogP contribution is -2.52. The summed E-state index contributed by atoms with van der Waals surface area (Å²) in [4.78, 5) is 13.8. The Morgan fingerprint density at radius 3 is 2.46 bits per heavy atom. The number of aromatic nitrogens is 1. The minimum absolute atomic E-state index is 0. The normalized spacial score (nSPS) is 23.1. The lowest BCUT2D eigenvalue weighted by Gasteiger charge is -2.36. The fourth-order valence-electron chi connectivity index (χ4n) is 3.33. The molecule has 2 fully saturated rings. The Balaban J connectivity index is 0.00000208. The number of sulfonamides is 1. The third kappa shape index (κ3) is 3.60. The topological polar surface area (TPSA) is 101 Å². The first kappa shape index (κ1) is 19.2. The summed E-state index contributed by atoms with van der Waals surface area (Å²) < 4.78 is 28.4.